The molecule has 0 saturated carbocycles. The van der Waals surface area contributed by atoms with Crippen LogP contribution < -0.4 is 5.32 Å². The van der Waals surface area contributed by atoms with Gasteiger partial charge in [0.25, 0.3) is 0 Å². The van der Waals surface area contributed by atoms with Crippen molar-refractivity contribution in [2.75, 3.05) is 25.0 Å². The van der Waals surface area contributed by atoms with Gasteiger partial charge < -0.3 is 15.0 Å². The Balaban J connectivity index is 1.84. The van der Waals surface area contributed by atoms with Crippen LogP contribution in [0.5, 0.6) is 0 Å². The van der Waals surface area contributed by atoms with E-state index in [4.69, 9.17) is 4.74 Å². The third-order valence-electron chi connectivity index (χ3n) is 4.54. The van der Waals surface area contributed by atoms with Gasteiger partial charge in [-0.2, -0.15) is 0 Å². The predicted molar refractivity (Wildman–Crippen MR) is 94.8 cm³/mol. The molecule has 0 bridgehead atoms. The maximum Gasteiger partial charge on any atom is 0.309 e. The summed E-state index contributed by atoms with van der Waals surface area (Å²) in [6.45, 7) is 7.46. The van der Waals surface area contributed by atoms with Crippen molar-refractivity contribution in [3.63, 3.8) is 0 Å². The molecule has 0 aliphatic carbocycles. The van der Waals surface area contributed by atoms with E-state index < -0.39 is 0 Å². The number of hydrogen-bond donors (Lipinski definition) is 1. The Labute approximate surface area is 144 Å². The molecule has 132 valence electrons. The van der Waals surface area contributed by atoms with Crippen LogP contribution in [-0.2, 0) is 20.7 Å². The highest BCUT2D eigenvalue weighted by Gasteiger charge is 2.29. The predicted octanol–water partition coefficient (Wildman–Crippen LogP) is 2.85. The molecular weight excluding hydrogens is 304 g/mol. The van der Waals surface area contributed by atoms with Gasteiger partial charge in [0.05, 0.1) is 12.5 Å². The Kier molecular flexibility index (Phi) is 6.64. The summed E-state index contributed by atoms with van der Waals surface area (Å²) >= 11 is 0. The minimum absolute atomic E-state index is 0.0705. The third kappa shape index (κ3) is 4.73. The molecule has 1 unspecified atom stereocenters. The van der Waals surface area contributed by atoms with E-state index in [1.54, 1.807) is 0 Å². The molecule has 1 aliphatic heterocycles. The molecule has 1 heterocycles. The molecule has 0 spiro atoms. The molecule has 1 saturated heterocycles. The Morgan fingerprint density at radius 2 is 1.83 bits per heavy atom. The standard InChI is InChI=1S/C19H28N2O3/c1-4-15-6-8-17(9-7-15)20-14(3)18(22)21-12-10-16(11-13-21)19(23)24-5-2/h6-9,14,16,20H,4-5,10-13H2,1-3H3. The van der Waals surface area contributed by atoms with Gasteiger partial charge >= 0.3 is 5.97 Å². The van der Waals surface area contributed by atoms with Crippen LogP contribution in [0.25, 0.3) is 0 Å². The summed E-state index contributed by atoms with van der Waals surface area (Å²) in [5.74, 6) is -0.123. The van der Waals surface area contributed by atoms with Crippen molar-refractivity contribution in [1.29, 1.82) is 0 Å². The van der Waals surface area contributed by atoms with E-state index in [-0.39, 0.29) is 23.8 Å². The quantitative estimate of drug-likeness (QED) is 0.814. The molecule has 1 atom stereocenters. The second-order valence-electron chi connectivity index (χ2n) is 6.27. The molecule has 1 fully saturated rings. The number of anilines is 1. The fourth-order valence-corrected chi connectivity index (χ4v) is 3.02. The number of rotatable bonds is 6. The zero-order valence-electron chi connectivity index (χ0n) is 14.9. The molecule has 1 aromatic carbocycles. The lowest BCUT2D eigenvalue weighted by molar-refractivity contribution is -0.151. The third-order valence-corrected chi connectivity index (χ3v) is 4.54. The summed E-state index contributed by atoms with van der Waals surface area (Å²) in [6, 6.07) is 7.89. The second-order valence-corrected chi connectivity index (χ2v) is 6.27. The zero-order chi connectivity index (χ0) is 17.5. The largest absolute Gasteiger partial charge is 0.466 e. The Morgan fingerprint density at radius 3 is 2.38 bits per heavy atom. The van der Waals surface area contributed by atoms with Crippen molar-refractivity contribution in [3.05, 3.63) is 29.8 Å². The molecule has 24 heavy (non-hydrogen) atoms. The lowest BCUT2D eigenvalue weighted by atomic mass is 9.96. The number of esters is 1. The van der Waals surface area contributed by atoms with Gasteiger partial charge in [-0.1, -0.05) is 19.1 Å². The van der Waals surface area contributed by atoms with Crippen LogP contribution in [0.4, 0.5) is 5.69 Å². The molecule has 1 aliphatic rings. The summed E-state index contributed by atoms with van der Waals surface area (Å²) in [7, 11) is 0. The first-order valence-electron chi connectivity index (χ1n) is 8.86. The van der Waals surface area contributed by atoms with Crippen LogP contribution >= 0.6 is 0 Å². The van der Waals surface area contributed by atoms with Crippen LogP contribution in [0.1, 0.15) is 39.2 Å². The van der Waals surface area contributed by atoms with Crippen LogP contribution in [-0.4, -0.2) is 42.5 Å². The molecular formula is C19H28N2O3. The summed E-state index contributed by atoms with van der Waals surface area (Å²) in [6.07, 6.45) is 2.37. The number of carbonyl (C=O) groups is 2. The molecule has 0 aromatic heterocycles. The Morgan fingerprint density at radius 1 is 1.21 bits per heavy atom. The van der Waals surface area contributed by atoms with Crippen molar-refractivity contribution in [2.24, 2.45) is 5.92 Å². The number of likely N-dealkylation sites (tertiary alicyclic amines) is 1. The van der Waals surface area contributed by atoms with E-state index in [0.29, 0.717) is 32.5 Å². The van der Waals surface area contributed by atoms with Gasteiger partial charge in [0.15, 0.2) is 0 Å². The SMILES string of the molecule is CCOC(=O)C1CCN(C(=O)C(C)Nc2ccc(CC)cc2)CC1. The molecule has 1 N–H and O–H groups in total. The van der Waals surface area contributed by atoms with E-state index >= 15 is 0 Å². The average Bonchev–Trinajstić information content (AvgIpc) is 2.62. The zero-order valence-corrected chi connectivity index (χ0v) is 14.9. The van der Waals surface area contributed by atoms with Gasteiger partial charge in [0.2, 0.25) is 5.91 Å². The van der Waals surface area contributed by atoms with Crippen LogP contribution in [0, 0.1) is 5.92 Å². The molecule has 5 nitrogen and oxygen atoms in total. The van der Waals surface area contributed by atoms with Crippen molar-refractivity contribution >= 4 is 17.6 Å². The lowest BCUT2D eigenvalue weighted by Crippen LogP contribution is -2.46. The lowest BCUT2D eigenvalue weighted by Gasteiger charge is -2.33. The van der Waals surface area contributed by atoms with Gasteiger partial charge in [-0.3, -0.25) is 9.59 Å². The normalized spacial score (nSPS) is 16.5. The van der Waals surface area contributed by atoms with E-state index in [1.165, 1.54) is 5.56 Å². The number of benzene rings is 1. The van der Waals surface area contributed by atoms with Crippen molar-refractivity contribution in [1.82, 2.24) is 4.90 Å². The number of carbonyl (C=O) groups excluding carboxylic acids is 2. The van der Waals surface area contributed by atoms with Crippen molar-refractivity contribution in [2.45, 2.75) is 46.1 Å². The van der Waals surface area contributed by atoms with E-state index in [0.717, 1.165) is 12.1 Å². The number of aryl methyl sites for hydroxylation is 1. The molecule has 2 rings (SSSR count). The molecule has 0 radical (unpaired) electrons. The van der Waals surface area contributed by atoms with E-state index in [2.05, 4.69) is 24.4 Å². The van der Waals surface area contributed by atoms with Gasteiger partial charge in [-0.25, -0.2) is 0 Å². The number of nitrogens with one attached hydrogen (secondary N) is 1. The first-order valence-corrected chi connectivity index (χ1v) is 8.86. The highest BCUT2D eigenvalue weighted by atomic mass is 16.5. The fraction of sp³-hybridized carbons (Fsp3) is 0.579. The summed E-state index contributed by atoms with van der Waals surface area (Å²) in [5.41, 5.74) is 2.23. The summed E-state index contributed by atoms with van der Waals surface area (Å²) in [5, 5.41) is 3.26. The summed E-state index contributed by atoms with van der Waals surface area (Å²) < 4.78 is 5.07. The number of ether oxygens (including phenoxy) is 1. The Bertz CT molecular complexity index is 548. The maximum atomic E-state index is 12.6. The number of hydrogen-bond acceptors (Lipinski definition) is 4. The maximum absolute atomic E-state index is 12.6. The van der Waals surface area contributed by atoms with Crippen LogP contribution in [0.3, 0.4) is 0 Å². The summed E-state index contributed by atoms with van der Waals surface area (Å²) in [4.78, 5) is 26.2. The minimum Gasteiger partial charge on any atom is -0.466 e. The van der Waals surface area contributed by atoms with Crippen LogP contribution in [0.15, 0.2) is 24.3 Å². The monoisotopic (exact) mass is 332 g/mol. The highest BCUT2D eigenvalue weighted by molar-refractivity contribution is 5.84. The highest BCUT2D eigenvalue weighted by Crippen LogP contribution is 2.20. The Hall–Kier alpha value is -2.04. The first kappa shape index (κ1) is 18.3. The molecule has 1 aromatic rings. The fourth-order valence-electron chi connectivity index (χ4n) is 3.02. The van der Waals surface area contributed by atoms with Gasteiger partial charge in [0, 0.05) is 18.8 Å². The number of amides is 1. The topological polar surface area (TPSA) is 58.6 Å². The van der Waals surface area contributed by atoms with E-state index in [9.17, 15) is 9.59 Å². The number of piperidine rings is 1. The van der Waals surface area contributed by atoms with Gasteiger partial charge in [-0.15, -0.1) is 0 Å². The van der Waals surface area contributed by atoms with Crippen LogP contribution in [0.2, 0.25) is 0 Å². The molecule has 5 heteroatoms. The van der Waals surface area contributed by atoms with E-state index in [1.807, 2.05) is 30.9 Å². The first-order chi connectivity index (χ1) is 11.5. The number of nitrogens with zero attached hydrogens (tertiary/aromatic N) is 1. The van der Waals surface area contributed by atoms with Crippen molar-refractivity contribution < 1.29 is 14.3 Å². The van der Waals surface area contributed by atoms with Gasteiger partial charge in [-0.05, 0) is 50.8 Å². The smallest absolute Gasteiger partial charge is 0.309 e. The van der Waals surface area contributed by atoms with Gasteiger partial charge in [0.1, 0.15) is 6.04 Å². The minimum atomic E-state index is -0.281. The second kappa shape index (κ2) is 8.71. The molecule has 1 amide bonds. The van der Waals surface area contributed by atoms with Crippen molar-refractivity contribution in [3.8, 4) is 0 Å². The average molecular weight is 332 g/mol.